The summed E-state index contributed by atoms with van der Waals surface area (Å²) in [5, 5.41) is 11.4. The number of rotatable bonds is 3. The smallest absolute Gasteiger partial charge is 0.242 e. The molecule has 1 aliphatic heterocycles. The predicted molar refractivity (Wildman–Crippen MR) is 106 cm³/mol. The molecule has 4 aromatic rings. The number of halogens is 1. The van der Waals surface area contributed by atoms with E-state index in [1.165, 1.54) is 16.8 Å². The van der Waals surface area contributed by atoms with Gasteiger partial charge in [0, 0.05) is 18.1 Å². The van der Waals surface area contributed by atoms with E-state index in [1.807, 2.05) is 24.3 Å². The van der Waals surface area contributed by atoms with Crippen LogP contribution in [0.2, 0.25) is 0 Å². The molecule has 5 rings (SSSR count). The van der Waals surface area contributed by atoms with E-state index in [1.54, 1.807) is 0 Å². The van der Waals surface area contributed by atoms with E-state index in [-0.39, 0.29) is 17.3 Å². The van der Waals surface area contributed by atoms with Crippen molar-refractivity contribution < 1.29 is 9.18 Å². The maximum Gasteiger partial charge on any atom is 0.242 e. The van der Waals surface area contributed by atoms with Crippen molar-refractivity contribution in [1.29, 1.82) is 0 Å². The highest BCUT2D eigenvalue weighted by Gasteiger charge is 2.23. The molecule has 9 heteroatoms. The number of carbonyl (C=O) groups excluding carboxylic acids is 1. The summed E-state index contributed by atoms with van der Waals surface area (Å²) >= 11 is 0. The zero-order valence-electron chi connectivity index (χ0n) is 15.5. The van der Waals surface area contributed by atoms with Crippen molar-refractivity contribution in [3.8, 4) is 11.4 Å². The topological polar surface area (TPSA) is 97.1 Å². The third kappa shape index (κ3) is 3.14. The van der Waals surface area contributed by atoms with Crippen molar-refractivity contribution in [3.63, 3.8) is 0 Å². The van der Waals surface area contributed by atoms with Gasteiger partial charge in [-0.3, -0.25) is 9.78 Å². The maximum atomic E-state index is 14.3. The van der Waals surface area contributed by atoms with Crippen LogP contribution in [0.1, 0.15) is 19.3 Å². The largest absolute Gasteiger partial charge is 0.354 e. The summed E-state index contributed by atoms with van der Waals surface area (Å²) in [6, 6.07) is 8.65. The third-order valence-corrected chi connectivity index (χ3v) is 5.03. The van der Waals surface area contributed by atoms with Gasteiger partial charge in [0.25, 0.3) is 0 Å². The standard InChI is InChI=1S/C20H18FN7O/c21-14-11-22-10-8-12(14)17-26-18-13-5-1-2-6-15(13)24-20(28(18)27-17)25-16-7-3-4-9-23-19(16)29/h1-2,5-6,8,10-11,16H,3-4,7,9H2,(H,23,29)(H,24,25)/t16-/m1/s1. The molecule has 0 aliphatic carbocycles. The summed E-state index contributed by atoms with van der Waals surface area (Å²) in [7, 11) is 0. The first-order valence-electron chi connectivity index (χ1n) is 9.50. The number of carbonyl (C=O) groups is 1. The minimum absolute atomic E-state index is 0.0638. The molecule has 0 saturated carbocycles. The normalized spacial score (nSPS) is 17.3. The molecule has 8 nitrogen and oxygen atoms in total. The highest BCUT2D eigenvalue weighted by molar-refractivity contribution is 5.93. The predicted octanol–water partition coefficient (Wildman–Crippen LogP) is 2.56. The van der Waals surface area contributed by atoms with Gasteiger partial charge in [0.05, 0.1) is 17.3 Å². The van der Waals surface area contributed by atoms with E-state index in [2.05, 4.69) is 30.7 Å². The Morgan fingerprint density at radius 1 is 1.17 bits per heavy atom. The monoisotopic (exact) mass is 391 g/mol. The minimum Gasteiger partial charge on any atom is -0.354 e. The number of para-hydroxylation sites is 1. The first kappa shape index (κ1) is 17.5. The second-order valence-corrected chi connectivity index (χ2v) is 6.96. The van der Waals surface area contributed by atoms with Crippen LogP contribution in [0.3, 0.4) is 0 Å². The molecule has 1 aliphatic rings. The molecule has 1 fully saturated rings. The van der Waals surface area contributed by atoms with Crippen molar-refractivity contribution in [2.75, 3.05) is 11.9 Å². The summed E-state index contributed by atoms with van der Waals surface area (Å²) in [6.07, 6.45) is 5.20. The van der Waals surface area contributed by atoms with Gasteiger partial charge in [-0.15, -0.1) is 5.10 Å². The first-order valence-corrected chi connectivity index (χ1v) is 9.50. The van der Waals surface area contributed by atoms with E-state index in [0.717, 1.165) is 24.4 Å². The van der Waals surface area contributed by atoms with Crippen molar-refractivity contribution >= 4 is 28.4 Å². The van der Waals surface area contributed by atoms with Gasteiger partial charge in [-0.25, -0.2) is 14.4 Å². The second-order valence-electron chi connectivity index (χ2n) is 6.96. The van der Waals surface area contributed by atoms with E-state index in [4.69, 9.17) is 0 Å². The fourth-order valence-corrected chi connectivity index (χ4v) is 3.55. The molecule has 2 N–H and O–H groups in total. The molecule has 1 atom stereocenters. The highest BCUT2D eigenvalue weighted by atomic mass is 19.1. The Morgan fingerprint density at radius 3 is 2.97 bits per heavy atom. The lowest BCUT2D eigenvalue weighted by Gasteiger charge is -2.16. The quantitative estimate of drug-likeness (QED) is 0.557. The molecule has 0 unspecified atom stereocenters. The van der Waals surface area contributed by atoms with Gasteiger partial charge in [-0.1, -0.05) is 12.1 Å². The van der Waals surface area contributed by atoms with Crippen LogP contribution in [-0.2, 0) is 4.79 Å². The van der Waals surface area contributed by atoms with Crippen LogP contribution < -0.4 is 10.6 Å². The van der Waals surface area contributed by atoms with Crippen molar-refractivity contribution in [3.05, 3.63) is 48.5 Å². The fraction of sp³-hybridized carbons (Fsp3) is 0.250. The molecule has 146 valence electrons. The molecule has 29 heavy (non-hydrogen) atoms. The summed E-state index contributed by atoms with van der Waals surface area (Å²) in [6.45, 7) is 0.673. The maximum absolute atomic E-state index is 14.3. The number of aromatic nitrogens is 5. The van der Waals surface area contributed by atoms with E-state index >= 15 is 0 Å². The molecule has 1 amide bonds. The van der Waals surface area contributed by atoms with Gasteiger partial charge in [0.15, 0.2) is 17.3 Å². The van der Waals surface area contributed by atoms with Crippen LogP contribution in [-0.4, -0.2) is 43.1 Å². The summed E-state index contributed by atoms with van der Waals surface area (Å²) in [5.41, 5.74) is 1.51. The van der Waals surface area contributed by atoms with Crippen LogP contribution >= 0.6 is 0 Å². The third-order valence-electron chi connectivity index (χ3n) is 5.03. The van der Waals surface area contributed by atoms with Crippen LogP contribution in [0.5, 0.6) is 0 Å². The lowest BCUT2D eigenvalue weighted by molar-refractivity contribution is -0.121. The molecule has 0 radical (unpaired) electrons. The van der Waals surface area contributed by atoms with Gasteiger partial charge in [0.2, 0.25) is 11.9 Å². The zero-order valence-corrected chi connectivity index (χ0v) is 15.5. The number of nitrogens with zero attached hydrogens (tertiary/aromatic N) is 5. The van der Waals surface area contributed by atoms with Crippen LogP contribution in [0.4, 0.5) is 10.3 Å². The number of hydrogen-bond acceptors (Lipinski definition) is 6. The lowest BCUT2D eigenvalue weighted by atomic mass is 10.1. The lowest BCUT2D eigenvalue weighted by Crippen LogP contribution is -2.38. The van der Waals surface area contributed by atoms with Gasteiger partial charge in [-0.2, -0.15) is 4.52 Å². The summed E-state index contributed by atoms with van der Waals surface area (Å²) < 4.78 is 15.8. The number of nitrogens with one attached hydrogen (secondary N) is 2. The Kier molecular flexibility index (Phi) is 4.27. The van der Waals surface area contributed by atoms with Crippen molar-refractivity contribution in [2.45, 2.75) is 25.3 Å². The number of anilines is 1. The van der Waals surface area contributed by atoms with Crippen molar-refractivity contribution in [1.82, 2.24) is 29.9 Å². The molecular weight excluding hydrogens is 373 g/mol. The van der Waals surface area contributed by atoms with E-state index in [9.17, 15) is 9.18 Å². The Morgan fingerprint density at radius 2 is 2.07 bits per heavy atom. The Hall–Kier alpha value is -3.62. The number of amides is 1. The Labute approximate surface area is 165 Å². The van der Waals surface area contributed by atoms with Gasteiger partial charge < -0.3 is 10.6 Å². The number of pyridine rings is 1. The van der Waals surface area contributed by atoms with E-state index in [0.29, 0.717) is 30.1 Å². The summed E-state index contributed by atoms with van der Waals surface area (Å²) in [4.78, 5) is 25.4. The molecule has 4 heterocycles. The fourth-order valence-electron chi connectivity index (χ4n) is 3.55. The highest BCUT2D eigenvalue weighted by Crippen LogP contribution is 2.25. The Bertz CT molecular complexity index is 1220. The SMILES string of the molecule is O=C1NCCCC[C@H]1Nc1nc2ccccc2c2nc(-c3ccncc3F)nn12. The first-order chi connectivity index (χ1) is 14.2. The summed E-state index contributed by atoms with van der Waals surface area (Å²) in [5.74, 6) is 0.0647. The van der Waals surface area contributed by atoms with Gasteiger partial charge in [0.1, 0.15) is 6.04 Å². The van der Waals surface area contributed by atoms with Crippen LogP contribution in [0.15, 0.2) is 42.7 Å². The van der Waals surface area contributed by atoms with Gasteiger partial charge >= 0.3 is 0 Å². The number of fused-ring (bicyclic) bond motifs is 3. The number of hydrogen-bond donors (Lipinski definition) is 2. The average molecular weight is 391 g/mol. The zero-order chi connectivity index (χ0) is 19.8. The Balaban J connectivity index is 1.68. The van der Waals surface area contributed by atoms with Crippen LogP contribution in [0, 0.1) is 5.82 Å². The molecule has 1 saturated heterocycles. The molecule has 1 aromatic carbocycles. The van der Waals surface area contributed by atoms with Crippen LogP contribution in [0.25, 0.3) is 27.9 Å². The molecule has 0 bridgehead atoms. The average Bonchev–Trinajstić information content (AvgIpc) is 3.08. The minimum atomic E-state index is -0.502. The second kappa shape index (κ2) is 7.08. The van der Waals surface area contributed by atoms with E-state index < -0.39 is 11.9 Å². The number of benzene rings is 1. The van der Waals surface area contributed by atoms with Crippen molar-refractivity contribution in [2.24, 2.45) is 0 Å². The molecule has 3 aromatic heterocycles. The molecular formula is C20H18FN7O. The van der Waals surface area contributed by atoms with Gasteiger partial charge in [-0.05, 0) is 37.5 Å². The molecule has 0 spiro atoms.